The lowest BCUT2D eigenvalue weighted by molar-refractivity contribution is -0.144. The van der Waals surface area contributed by atoms with Crippen molar-refractivity contribution in [1.82, 2.24) is 0 Å². The normalized spacial score (nSPS) is 13.2. The molecule has 0 amide bonds. The first-order valence-electron chi connectivity index (χ1n) is 6.34. The van der Waals surface area contributed by atoms with Gasteiger partial charge in [-0.25, -0.2) is 0 Å². The number of rotatable bonds is 3. The Morgan fingerprint density at radius 3 is 2.50 bits per heavy atom. The lowest BCUT2D eigenvalue weighted by atomic mass is 9.84. The Morgan fingerprint density at radius 1 is 1.39 bits per heavy atom. The third-order valence-electron chi connectivity index (χ3n) is 3.06. The molecule has 0 heterocycles. The van der Waals surface area contributed by atoms with Crippen LogP contribution in [0.15, 0.2) is 18.2 Å². The average Bonchev–Trinajstić information content (AvgIpc) is 2.27. The number of hydrogen-bond donors (Lipinski definition) is 1. The molecule has 1 aromatic carbocycles. The van der Waals surface area contributed by atoms with Crippen molar-refractivity contribution in [2.45, 2.75) is 46.0 Å². The van der Waals surface area contributed by atoms with E-state index in [2.05, 4.69) is 20.8 Å². The van der Waals surface area contributed by atoms with Crippen LogP contribution in [-0.4, -0.2) is 12.6 Å². The van der Waals surface area contributed by atoms with Crippen molar-refractivity contribution in [2.24, 2.45) is 0 Å². The summed E-state index contributed by atoms with van der Waals surface area (Å²) in [6.07, 6.45) is 0. The molecule has 1 atom stereocenters. The van der Waals surface area contributed by atoms with Gasteiger partial charge in [-0.1, -0.05) is 32.9 Å². The zero-order valence-corrected chi connectivity index (χ0v) is 11.9. The lowest BCUT2D eigenvalue weighted by Gasteiger charge is -2.22. The van der Waals surface area contributed by atoms with Gasteiger partial charge in [0.05, 0.1) is 12.5 Å². The van der Waals surface area contributed by atoms with Gasteiger partial charge < -0.3 is 10.5 Å². The molecule has 3 heteroatoms. The van der Waals surface area contributed by atoms with Crippen LogP contribution < -0.4 is 5.73 Å². The van der Waals surface area contributed by atoms with Crippen LogP contribution in [0.2, 0.25) is 0 Å². The molecule has 0 aromatic heterocycles. The summed E-state index contributed by atoms with van der Waals surface area (Å²) in [7, 11) is 0. The van der Waals surface area contributed by atoms with Crippen molar-refractivity contribution in [1.29, 1.82) is 0 Å². The van der Waals surface area contributed by atoms with E-state index in [1.165, 1.54) is 5.56 Å². The topological polar surface area (TPSA) is 52.3 Å². The molecule has 0 spiro atoms. The summed E-state index contributed by atoms with van der Waals surface area (Å²) in [6.45, 7) is 10.4. The van der Waals surface area contributed by atoms with Crippen molar-refractivity contribution < 1.29 is 9.53 Å². The van der Waals surface area contributed by atoms with Gasteiger partial charge >= 0.3 is 5.97 Å². The van der Waals surface area contributed by atoms with E-state index in [-0.39, 0.29) is 17.3 Å². The van der Waals surface area contributed by atoms with Gasteiger partial charge in [0.2, 0.25) is 0 Å². The van der Waals surface area contributed by atoms with Gasteiger partial charge in [0, 0.05) is 5.69 Å². The standard InChI is InChI=1S/C15H23NO2/c1-6-18-14(17)10(2)12-9-11(15(3,4)5)7-8-13(12)16/h7-10H,6,16H2,1-5H3. The van der Waals surface area contributed by atoms with Gasteiger partial charge in [0.15, 0.2) is 0 Å². The first-order chi connectivity index (χ1) is 8.27. The second kappa shape index (κ2) is 5.42. The summed E-state index contributed by atoms with van der Waals surface area (Å²) < 4.78 is 5.04. The Hall–Kier alpha value is -1.51. The second-order valence-electron chi connectivity index (χ2n) is 5.57. The molecule has 1 aromatic rings. The molecule has 0 aliphatic rings. The Morgan fingerprint density at radius 2 is 2.00 bits per heavy atom. The van der Waals surface area contributed by atoms with Crippen LogP contribution in [0.5, 0.6) is 0 Å². The Kier molecular flexibility index (Phi) is 4.38. The second-order valence-corrected chi connectivity index (χ2v) is 5.57. The molecular formula is C15H23NO2. The van der Waals surface area contributed by atoms with Gasteiger partial charge in [-0.05, 0) is 36.5 Å². The van der Waals surface area contributed by atoms with Gasteiger partial charge in [0.25, 0.3) is 0 Å². The first-order valence-corrected chi connectivity index (χ1v) is 6.34. The Bertz CT molecular complexity index is 433. The van der Waals surface area contributed by atoms with E-state index in [1.54, 1.807) is 6.92 Å². The first kappa shape index (κ1) is 14.6. The molecule has 2 N–H and O–H groups in total. The number of carbonyl (C=O) groups is 1. The van der Waals surface area contributed by atoms with Crippen LogP contribution in [0.4, 0.5) is 5.69 Å². The van der Waals surface area contributed by atoms with E-state index in [1.807, 2.05) is 25.1 Å². The minimum Gasteiger partial charge on any atom is -0.466 e. The number of benzene rings is 1. The fraction of sp³-hybridized carbons (Fsp3) is 0.533. The number of esters is 1. The van der Waals surface area contributed by atoms with E-state index >= 15 is 0 Å². The van der Waals surface area contributed by atoms with Gasteiger partial charge in [-0.15, -0.1) is 0 Å². The zero-order chi connectivity index (χ0) is 13.9. The van der Waals surface area contributed by atoms with Crippen molar-refractivity contribution in [3.05, 3.63) is 29.3 Å². The minimum atomic E-state index is -0.327. The molecule has 0 saturated heterocycles. The zero-order valence-electron chi connectivity index (χ0n) is 11.9. The summed E-state index contributed by atoms with van der Waals surface area (Å²) in [5, 5.41) is 0. The largest absolute Gasteiger partial charge is 0.466 e. The maximum Gasteiger partial charge on any atom is 0.313 e. The fourth-order valence-corrected chi connectivity index (χ4v) is 1.81. The van der Waals surface area contributed by atoms with E-state index in [4.69, 9.17) is 10.5 Å². The van der Waals surface area contributed by atoms with E-state index < -0.39 is 0 Å². The van der Waals surface area contributed by atoms with Gasteiger partial charge in [-0.3, -0.25) is 4.79 Å². The number of ether oxygens (including phenoxy) is 1. The summed E-state index contributed by atoms with van der Waals surface area (Å²) in [4.78, 5) is 11.8. The SMILES string of the molecule is CCOC(=O)C(C)c1cc(C(C)(C)C)ccc1N. The van der Waals surface area contributed by atoms with Crippen molar-refractivity contribution in [2.75, 3.05) is 12.3 Å². The van der Waals surface area contributed by atoms with Crippen LogP contribution in [0.3, 0.4) is 0 Å². The number of hydrogen-bond acceptors (Lipinski definition) is 3. The molecule has 0 aliphatic heterocycles. The number of nitrogen functional groups attached to an aromatic ring is 1. The monoisotopic (exact) mass is 249 g/mol. The molecule has 18 heavy (non-hydrogen) atoms. The van der Waals surface area contributed by atoms with Gasteiger partial charge in [-0.2, -0.15) is 0 Å². The van der Waals surface area contributed by atoms with E-state index in [0.717, 1.165) is 5.56 Å². The number of anilines is 1. The lowest BCUT2D eigenvalue weighted by Crippen LogP contribution is -2.17. The van der Waals surface area contributed by atoms with Crippen molar-refractivity contribution >= 4 is 11.7 Å². The van der Waals surface area contributed by atoms with Crippen LogP contribution in [0.25, 0.3) is 0 Å². The number of nitrogens with two attached hydrogens (primary N) is 1. The highest BCUT2D eigenvalue weighted by Crippen LogP contribution is 2.30. The molecule has 100 valence electrons. The third kappa shape index (κ3) is 3.25. The predicted octanol–water partition coefficient (Wildman–Crippen LogP) is 3.23. The molecule has 0 aliphatic carbocycles. The summed E-state index contributed by atoms with van der Waals surface area (Å²) in [5.74, 6) is -0.553. The molecule has 0 fully saturated rings. The number of carbonyl (C=O) groups excluding carboxylic acids is 1. The summed E-state index contributed by atoms with van der Waals surface area (Å²) >= 11 is 0. The fourth-order valence-electron chi connectivity index (χ4n) is 1.81. The molecule has 0 bridgehead atoms. The average molecular weight is 249 g/mol. The van der Waals surface area contributed by atoms with Crippen LogP contribution in [-0.2, 0) is 14.9 Å². The van der Waals surface area contributed by atoms with Crippen molar-refractivity contribution in [3.63, 3.8) is 0 Å². The highest BCUT2D eigenvalue weighted by Gasteiger charge is 2.22. The molecule has 3 nitrogen and oxygen atoms in total. The van der Waals surface area contributed by atoms with Gasteiger partial charge in [0.1, 0.15) is 0 Å². The quantitative estimate of drug-likeness (QED) is 0.661. The van der Waals surface area contributed by atoms with Crippen LogP contribution in [0, 0.1) is 0 Å². The smallest absolute Gasteiger partial charge is 0.313 e. The van der Waals surface area contributed by atoms with E-state index in [0.29, 0.717) is 12.3 Å². The van der Waals surface area contributed by atoms with Crippen LogP contribution in [0.1, 0.15) is 51.7 Å². The highest BCUT2D eigenvalue weighted by molar-refractivity contribution is 5.80. The Labute approximate surface area is 109 Å². The molecule has 1 rings (SSSR count). The third-order valence-corrected chi connectivity index (χ3v) is 3.06. The maximum absolute atomic E-state index is 11.8. The summed E-state index contributed by atoms with van der Waals surface area (Å²) in [6, 6.07) is 5.89. The molecule has 1 unspecified atom stereocenters. The van der Waals surface area contributed by atoms with E-state index in [9.17, 15) is 4.79 Å². The predicted molar refractivity (Wildman–Crippen MR) is 74.6 cm³/mol. The highest BCUT2D eigenvalue weighted by atomic mass is 16.5. The Balaban J connectivity index is 3.12. The van der Waals surface area contributed by atoms with Crippen molar-refractivity contribution in [3.8, 4) is 0 Å². The molecular weight excluding hydrogens is 226 g/mol. The minimum absolute atomic E-state index is 0.0385. The molecule has 0 saturated carbocycles. The summed E-state index contributed by atoms with van der Waals surface area (Å²) in [5.41, 5.74) is 8.66. The molecule has 0 radical (unpaired) electrons. The van der Waals surface area contributed by atoms with Crippen LogP contribution >= 0.6 is 0 Å². The maximum atomic E-state index is 11.8.